The lowest BCUT2D eigenvalue weighted by Crippen LogP contribution is -2.55. The van der Waals surface area contributed by atoms with Gasteiger partial charge >= 0.3 is 0 Å². The molecule has 2 heterocycles. The van der Waals surface area contributed by atoms with Gasteiger partial charge in [0.25, 0.3) is 5.91 Å². The van der Waals surface area contributed by atoms with Gasteiger partial charge in [0.15, 0.2) is 5.96 Å². The van der Waals surface area contributed by atoms with Gasteiger partial charge in [-0.1, -0.05) is 24.3 Å². The van der Waals surface area contributed by atoms with E-state index in [9.17, 15) is 4.79 Å². The van der Waals surface area contributed by atoms with E-state index in [1.54, 1.807) is 0 Å². The Kier molecular flexibility index (Phi) is 10.5. The zero-order chi connectivity index (χ0) is 21.5. The molecular formula is C23H38IN5O2. The molecule has 2 saturated heterocycles. The summed E-state index contributed by atoms with van der Waals surface area (Å²) in [5.74, 6) is 1.05. The first-order valence-electron chi connectivity index (χ1n) is 11.1. The zero-order valence-corrected chi connectivity index (χ0v) is 21.7. The Bertz CT molecular complexity index is 728. The standard InChI is InChI=1S/C23H37N5O2.HI/c1-18(2)26(4)17-20-9-6-5-8-19(20)16-25-23(24-3)28-13-11-27(12-14-28)22(29)21-10-7-15-30-21;/h5-6,8-9,18,21H,7,10-17H2,1-4H3,(H,24,25);1H. The molecule has 1 aromatic carbocycles. The molecule has 0 aromatic heterocycles. The summed E-state index contributed by atoms with van der Waals surface area (Å²) in [5.41, 5.74) is 2.63. The van der Waals surface area contributed by atoms with Crippen LogP contribution in [0.2, 0.25) is 0 Å². The number of aliphatic imine (C=N–C) groups is 1. The second-order valence-electron chi connectivity index (χ2n) is 8.49. The van der Waals surface area contributed by atoms with Crippen LogP contribution >= 0.6 is 24.0 Å². The fourth-order valence-corrected chi connectivity index (χ4v) is 3.96. The maximum atomic E-state index is 12.6. The van der Waals surface area contributed by atoms with Gasteiger partial charge in [0.2, 0.25) is 0 Å². The van der Waals surface area contributed by atoms with Gasteiger partial charge in [-0.05, 0) is 44.9 Å². The largest absolute Gasteiger partial charge is 0.368 e. The normalized spacial score (nSPS) is 19.7. The summed E-state index contributed by atoms with van der Waals surface area (Å²) in [6.45, 7) is 9.82. The molecule has 31 heavy (non-hydrogen) atoms. The summed E-state index contributed by atoms with van der Waals surface area (Å²) in [7, 11) is 3.98. The van der Waals surface area contributed by atoms with Gasteiger partial charge in [-0.15, -0.1) is 24.0 Å². The van der Waals surface area contributed by atoms with E-state index in [0.717, 1.165) is 58.1 Å². The first-order chi connectivity index (χ1) is 14.5. The van der Waals surface area contributed by atoms with Crippen LogP contribution in [0.3, 0.4) is 0 Å². The van der Waals surface area contributed by atoms with Crippen molar-refractivity contribution in [2.75, 3.05) is 46.9 Å². The van der Waals surface area contributed by atoms with Crippen molar-refractivity contribution in [3.8, 4) is 0 Å². The van der Waals surface area contributed by atoms with Gasteiger partial charge < -0.3 is 19.9 Å². The van der Waals surface area contributed by atoms with E-state index in [0.29, 0.717) is 12.6 Å². The van der Waals surface area contributed by atoms with E-state index in [4.69, 9.17) is 4.74 Å². The van der Waals surface area contributed by atoms with Crippen molar-refractivity contribution in [3.63, 3.8) is 0 Å². The number of guanidine groups is 1. The van der Waals surface area contributed by atoms with Crippen LogP contribution in [0.5, 0.6) is 0 Å². The molecule has 0 bridgehead atoms. The van der Waals surface area contributed by atoms with Gasteiger partial charge in [-0.3, -0.25) is 14.7 Å². The van der Waals surface area contributed by atoms with Crippen LogP contribution < -0.4 is 5.32 Å². The summed E-state index contributed by atoms with van der Waals surface area (Å²) < 4.78 is 5.56. The topological polar surface area (TPSA) is 60.4 Å². The van der Waals surface area contributed by atoms with Crippen molar-refractivity contribution < 1.29 is 9.53 Å². The van der Waals surface area contributed by atoms with Crippen LogP contribution in [0, 0.1) is 0 Å². The van der Waals surface area contributed by atoms with Crippen molar-refractivity contribution in [2.24, 2.45) is 4.99 Å². The lowest BCUT2D eigenvalue weighted by Gasteiger charge is -2.37. The summed E-state index contributed by atoms with van der Waals surface area (Å²) in [6.07, 6.45) is 1.61. The first-order valence-corrected chi connectivity index (χ1v) is 11.1. The highest BCUT2D eigenvalue weighted by Crippen LogP contribution is 2.16. The highest BCUT2D eigenvalue weighted by molar-refractivity contribution is 14.0. The molecule has 8 heteroatoms. The zero-order valence-electron chi connectivity index (χ0n) is 19.3. The van der Waals surface area contributed by atoms with E-state index in [1.807, 2.05) is 11.9 Å². The van der Waals surface area contributed by atoms with Crippen molar-refractivity contribution in [1.29, 1.82) is 0 Å². The average Bonchev–Trinajstić information content (AvgIpc) is 3.30. The molecular weight excluding hydrogens is 505 g/mol. The predicted octanol–water partition coefficient (Wildman–Crippen LogP) is 2.54. The smallest absolute Gasteiger partial charge is 0.251 e. The van der Waals surface area contributed by atoms with E-state index >= 15 is 0 Å². The lowest BCUT2D eigenvalue weighted by molar-refractivity contribution is -0.142. The van der Waals surface area contributed by atoms with E-state index in [1.165, 1.54) is 11.1 Å². The van der Waals surface area contributed by atoms with Crippen LogP contribution in [0.4, 0.5) is 0 Å². The number of piperazine rings is 1. The Morgan fingerprint density at radius 2 is 1.84 bits per heavy atom. The minimum absolute atomic E-state index is 0. The van der Waals surface area contributed by atoms with Crippen molar-refractivity contribution in [2.45, 2.75) is 51.9 Å². The molecule has 7 nitrogen and oxygen atoms in total. The van der Waals surface area contributed by atoms with Crippen LogP contribution in [0.15, 0.2) is 29.3 Å². The Morgan fingerprint density at radius 1 is 1.19 bits per heavy atom. The fourth-order valence-electron chi connectivity index (χ4n) is 3.96. The monoisotopic (exact) mass is 543 g/mol. The van der Waals surface area contributed by atoms with Gasteiger partial charge in [0, 0.05) is 59.0 Å². The molecule has 0 saturated carbocycles. The van der Waals surface area contributed by atoms with Gasteiger partial charge in [0.05, 0.1) is 0 Å². The SMILES string of the molecule is CN=C(NCc1ccccc1CN(C)C(C)C)N1CCN(C(=O)C2CCCO2)CC1.I. The molecule has 1 amide bonds. The molecule has 1 atom stereocenters. The van der Waals surface area contributed by atoms with Crippen molar-refractivity contribution in [3.05, 3.63) is 35.4 Å². The number of ether oxygens (including phenoxy) is 1. The number of carbonyl (C=O) groups excluding carboxylic acids is 1. The molecule has 1 aromatic rings. The molecule has 0 aliphatic carbocycles. The number of hydrogen-bond acceptors (Lipinski definition) is 4. The number of halogens is 1. The van der Waals surface area contributed by atoms with E-state index < -0.39 is 0 Å². The summed E-state index contributed by atoms with van der Waals surface area (Å²) in [5, 5.41) is 3.53. The quantitative estimate of drug-likeness (QED) is 0.340. The van der Waals surface area contributed by atoms with Crippen LogP contribution in [0.1, 0.15) is 37.8 Å². The lowest BCUT2D eigenvalue weighted by atomic mass is 10.1. The molecule has 0 radical (unpaired) electrons. The Morgan fingerprint density at radius 3 is 2.42 bits per heavy atom. The number of amides is 1. The highest BCUT2D eigenvalue weighted by Gasteiger charge is 2.30. The third-order valence-corrected chi connectivity index (χ3v) is 6.16. The molecule has 0 spiro atoms. The number of rotatable bonds is 6. The first kappa shape index (κ1) is 25.9. The maximum absolute atomic E-state index is 12.6. The van der Waals surface area contributed by atoms with Gasteiger partial charge in [0.1, 0.15) is 6.10 Å². The Hall–Kier alpha value is -1.39. The Labute approximate surface area is 204 Å². The minimum atomic E-state index is -0.227. The molecule has 2 fully saturated rings. The van der Waals surface area contributed by atoms with Crippen LogP contribution in [-0.2, 0) is 22.6 Å². The number of carbonyl (C=O) groups is 1. The summed E-state index contributed by atoms with van der Waals surface area (Å²) >= 11 is 0. The highest BCUT2D eigenvalue weighted by atomic mass is 127. The van der Waals surface area contributed by atoms with Crippen molar-refractivity contribution in [1.82, 2.24) is 20.0 Å². The van der Waals surface area contributed by atoms with Gasteiger partial charge in [-0.2, -0.15) is 0 Å². The molecule has 1 N–H and O–H groups in total. The number of nitrogens with one attached hydrogen (secondary N) is 1. The molecule has 3 rings (SSSR count). The molecule has 2 aliphatic heterocycles. The van der Waals surface area contributed by atoms with Crippen molar-refractivity contribution >= 4 is 35.8 Å². The third-order valence-electron chi connectivity index (χ3n) is 6.16. The van der Waals surface area contributed by atoms with Gasteiger partial charge in [-0.25, -0.2) is 0 Å². The second-order valence-corrected chi connectivity index (χ2v) is 8.49. The molecule has 174 valence electrons. The van der Waals surface area contributed by atoms with E-state index in [2.05, 4.69) is 65.3 Å². The summed E-state index contributed by atoms with van der Waals surface area (Å²) in [4.78, 5) is 23.6. The third kappa shape index (κ3) is 7.05. The fraction of sp³-hybridized carbons (Fsp3) is 0.652. The average molecular weight is 543 g/mol. The number of nitrogens with zero attached hydrogens (tertiary/aromatic N) is 4. The summed E-state index contributed by atoms with van der Waals surface area (Å²) in [6, 6.07) is 9.09. The van der Waals surface area contributed by atoms with Crippen LogP contribution in [0.25, 0.3) is 0 Å². The molecule has 1 unspecified atom stereocenters. The van der Waals surface area contributed by atoms with Crippen LogP contribution in [-0.4, -0.2) is 85.6 Å². The number of benzene rings is 1. The minimum Gasteiger partial charge on any atom is -0.368 e. The van der Waals surface area contributed by atoms with E-state index in [-0.39, 0.29) is 36.0 Å². The second kappa shape index (κ2) is 12.6. The Balaban J connectivity index is 0.00000341. The number of hydrogen-bond donors (Lipinski definition) is 1. The maximum Gasteiger partial charge on any atom is 0.251 e. The molecule has 2 aliphatic rings. The predicted molar refractivity (Wildman–Crippen MR) is 136 cm³/mol.